The molecule has 1 aliphatic heterocycles. The van der Waals surface area contributed by atoms with Gasteiger partial charge in [0.05, 0.1) is 11.8 Å². The topological polar surface area (TPSA) is 113 Å². The average molecular weight is 290 g/mol. The van der Waals surface area contributed by atoms with E-state index in [1.165, 1.54) is 6.08 Å². The minimum Gasteiger partial charge on any atom is -0.480 e. The number of urea groups is 1. The molecule has 7 nitrogen and oxygen atoms in total. The lowest BCUT2D eigenvalue weighted by Gasteiger charge is -2.28. The van der Waals surface area contributed by atoms with Crippen molar-refractivity contribution in [2.24, 2.45) is 5.41 Å². The molecule has 0 aliphatic carbocycles. The Hall–Kier alpha value is -1.57. The zero-order valence-corrected chi connectivity index (χ0v) is 11.8. The van der Waals surface area contributed by atoms with Gasteiger partial charge in [-0.1, -0.05) is 20.8 Å². The van der Waals surface area contributed by atoms with E-state index < -0.39 is 39.3 Å². The van der Waals surface area contributed by atoms with Crippen LogP contribution in [-0.2, 0) is 14.6 Å². The maximum absolute atomic E-state index is 11.7. The summed E-state index contributed by atoms with van der Waals surface area (Å²) in [5.41, 5.74) is -0.652. The second kappa shape index (κ2) is 5.20. The third-order valence-electron chi connectivity index (χ3n) is 2.63. The van der Waals surface area contributed by atoms with Crippen LogP contribution in [0.2, 0.25) is 0 Å². The number of carboxylic acid groups (broad SMARTS) is 1. The van der Waals surface area contributed by atoms with Crippen LogP contribution in [0.25, 0.3) is 0 Å². The van der Waals surface area contributed by atoms with Gasteiger partial charge in [-0.3, -0.25) is 0 Å². The normalized spacial score (nSPS) is 22.8. The fourth-order valence-corrected chi connectivity index (χ4v) is 2.89. The molecule has 0 radical (unpaired) electrons. The zero-order chi connectivity index (χ0) is 14.8. The van der Waals surface area contributed by atoms with E-state index in [-0.39, 0.29) is 5.75 Å². The Morgan fingerprint density at radius 1 is 1.37 bits per heavy atom. The molecule has 19 heavy (non-hydrogen) atoms. The zero-order valence-electron chi connectivity index (χ0n) is 11.0. The summed E-state index contributed by atoms with van der Waals surface area (Å²) in [5.74, 6) is -1.34. The maximum atomic E-state index is 11.7. The predicted molar refractivity (Wildman–Crippen MR) is 69.3 cm³/mol. The van der Waals surface area contributed by atoms with Gasteiger partial charge in [0, 0.05) is 5.41 Å². The minimum atomic E-state index is -3.25. The first kappa shape index (κ1) is 15.5. The van der Waals surface area contributed by atoms with Gasteiger partial charge < -0.3 is 15.7 Å². The van der Waals surface area contributed by atoms with E-state index in [1.54, 1.807) is 20.8 Å². The number of nitrogens with one attached hydrogen (secondary N) is 2. The van der Waals surface area contributed by atoms with Gasteiger partial charge in [-0.05, 0) is 11.5 Å². The third-order valence-corrected chi connectivity index (χ3v) is 4.03. The van der Waals surface area contributed by atoms with Crippen molar-refractivity contribution >= 4 is 21.8 Å². The fraction of sp³-hybridized carbons (Fsp3) is 0.636. The largest absolute Gasteiger partial charge is 0.480 e. The number of carbonyl (C=O) groups is 2. The summed E-state index contributed by atoms with van der Waals surface area (Å²) in [5, 5.41) is 14.8. The van der Waals surface area contributed by atoms with Crippen LogP contribution >= 0.6 is 0 Å². The third kappa shape index (κ3) is 4.55. The molecule has 3 N–H and O–H groups in total. The van der Waals surface area contributed by atoms with Crippen LogP contribution < -0.4 is 10.6 Å². The summed E-state index contributed by atoms with van der Waals surface area (Å²) in [7, 11) is -3.25. The molecule has 2 amide bonds. The number of amides is 2. The van der Waals surface area contributed by atoms with Crippen molar-refractivity contribution in [2.45, 2.75) is 32.9 Å². The van der Waals surface area contributed by atoms with E-state index in [9.17, 15) is 18.0 Å². The van der Waals surface area contributed by atoms with Crippen molar-refractivity contribution in [2.75, 3.05) is 5.75 Å². The average Bonchev–Trinajstić information content (AvgIpc) is 2.52. The highest BCUT2D eigenvalue weighted by atomic mass is 32.2. The van der Waals surface area contributed by atoms with Gasteiger partial charge in [0.25, 0.3) is 0 Å². The molecule has 1 heterocycles. The van der Waals surface area contributed by atoms with Crippen LogP contribution in [-0.4, -0.2) is 43.4 Å². The lowest BCUT2D eigenvalue weighted by molar-refractivity contribution is -0.141. The first-order valence-electron chi connectivity index (χ1n) is 5.72. The SMILES string of the molecule is CC(C)(C)C(NC(=O)NC1C=CS(=O)(=O)C1)C(=O)O. The van der Waals surface area contributed by atoms with Crippen LogP contribution in [0.15, 0.2) is 11.5 Å². The molecule has 1 rings (SSSR count). The van der Waals surface area contributed by atoms with Crippen molar-refractivity contribution in [3.63, 3.8) is 0 Å². The van der Waals surface area contributed by atoms with Gasteiger partial charge in [0.15, 0.2) is 9.84 Å². The summed E-state index contributed by atoms with van der Waals surface area (Å²) in [6.45, 7) is 5.06. The predicted octanol–water partition coefficient (Wildman–Crippen LogP) is 0.0956. The highest BCUT2D eigenvalue weighted by Gasteiger charge is 2.33. The van der Waals surface area contributed by atoms with Crippen LogP contribution in [0.1, 0.15) is 20.8 Å². The number of aliphatic carboxylic acids is 1. The van der Waals surface area contributed by atoms with Crippen LogP contribution in [0.5, 0.6) is 0 Å². The van der Waals surface area contributed by atoms with Crippen molar-refractivity contribution in [1.29, 1.82) is 0 Å². The highest BCUT2D eigenvalue weighted by molar-refractivity contribution is 7.94. The molecule has 8 heteroatoms. The van der Waals surface area contributed by atoms with Crippen molar-refractivity contribution in [3.05, 3.63) is 11.5 Å². The number of carboxylic acids is 1. The Morgan fingerprint density at radius 3 is 2.32 bits per heavy atom. The molecule has 0 bridgehead atoms. The van der Waals surface area contributed by atoms with E-state index in [4.69, 9.17) is 5.11 Å². The number of rotatable bonds is 3. The first-order chi connectivity index (χ1) is 8.51. The van der Waals surface area contributed by atoms with E-state index in [0.717, 1.165) is 5.41 Å². The molecule has 0 aromatic rings. The molecule has 0 aromatic carbocycles. The minimum absolute atomic E-state index is 0.201. The van der Waals surface area contributed by atoms with E-state index in [2.05, 4.69) is 10.6 Å². The molecular formula is C11H18N2O5S. The van der Waals surface area contributed by atoms with E-state index >= 15 is 0 Å². The molecule has 1 aliphatic rings. The molecule has 2 unspecified atom stereocenters. The number of sulfone groups is 1. The van der Waals surface area contributed by atoms with Crippen molar-refractivity contribution in [1.82, 2.24) is 10.6 Å². The first-order valence-corrected chi connectivity index (χ1v) is 7.43. The number of hydrogen-bond acceptors (Lipinski definition) is 4. The molecule has 0 spiro atoms. The summed E-state index contributed by atoms with van der Waals surface area (Å²) in [6, 6.07) is -2.39. The van der Waals surface area contributed by atoms with Gasteiger partial charge in [-0.25, -0.2) is 18.0 Å². The van der Waals surface area contributed by atoms with Crippen molar-refractivity contribution < 1.29 is 23.1 Å². The molecule has 0 fully saturated rings. The summed E-state index contributed by atoms with van der Waals surface area (Å²) in [4.78, 5) is 22.7. The quantitative estimate of drug-likeness (QED) is 0.682. The van der Waals surface area contributed by atoms with Gasteiger partial charge in [-0.15, -0.1) is 0 Å². The fourth-order valence-electron chi connectivity index (χ4n) is 1.66. The Balaban J connectivity index is 2.61. The Morgan fingerprint density at radius 2 is 1.95 bits per heavy atom. The van der Waals surface area contributed by atoms with Crippen molar-refractivity contribution in [3.8, 4) is 0 Å². The Labute approximate surface area is 112 Å². The smallest absolute Gasteiger partial charge is 0.326 e. The number of hydrogen-bond donors (Lipinski definition) is 3. The lowest BCUT2D eigenvalue weighted by atomic mass is 9.87. The van der Waals surface area contributed by atoms with Crippen LogP contribution in [0.3, 0.4) is 0 Å². The Bertz CT molecular complexity index is 504. The summed E-state index contributed by atoms with van der Waals surface area (Å²) < 4.78 is 22.3. The second-order valence-corrected chi connectivity index (χ2v) is 7.45. The van der Waals surface area contributed by atoms with Gasteiger partial charge in [-0.2, -0.15) is 0 Å². The van der Waals surface area contributed by atoms with Gasteiger partial charge >= 0.3 is 12.0 Å². The monoisotopic (exact) mass is 290 g/mol. The second-order valence-electron chi connectivity index (χ2n) is 5.52. The standard InChI is InChI=1S/C11H18N2O5S/c1-11(2,3)8(9(14)15)13-10(16)12-7-4-5-19(17,18)6-7/h4-5,7-8H,6H2,1-3H3,(H,14,15)(H2,12,13,16). The molecular weight excluding hydrogens is 272 g/mol. The summed E-state index contributed by atoms with van der Waals surface area (Å²) >= 11 is 0. The summed E-state index contributed by atoms with van der Waals surface area (Å²) in [6.07, 6.45) is 1.36. The highest BCUT2D eigenvalue weighted by Crippen LogP contribution is 2.19. The van der Waals surface area contributed by atoms with Crippen LogP contribution in [0.4, 0.5) is 4.79 Å². The van der Waals surface area contributed by atoms with Gasteiger partial charge in [0.1, 0.15) is 6.04 Å². The molecule has 0 aromatic heterocycles. The maximum Gasteiger partial charge on any atom is 0.326 e. The van der Waals surface area contributed by atoms with E-state index in [1.807, 2.05) is 0 Å². The Kier molecular flexibility index (Phi) is 4.24. The van der Waals surface area contributed by atoms with E-state index in [0.29, 0.717) is 0 Å². The molecule has 0 saturated heterocycles. The molecule has 0 saturated carbocycles. The van der Waals surface area contributed by atoms with Crippen LogP contribution in [0, 0.1) is 5.41 Å². The van der Waals surface area contributed by atoms with Gasteiger partial charge in [0.2, 0.25) is 0 Å². The molecule has 108 valence electrons. The lowest BCUT2D eigenvalue weighted by Crippen LogP contribution is -2.54. The number of carbonyl (C=O) groups excluding carboxylic acids is 1. The molecule has 2 atom stereocenters.